The van der Waals surface area contributed by atoms with Crippen LogP contribution in [0.15, 0.2) is 30.3 Å². The Morgan fingerprint density at radius 3 is 2.36 bits per heavy atom. The maximum absolute atomic E-state index is 12.6. The zero-order valence-corrected chi connectivity index (χ0v) is 17.7. The average molecular weight is 422 g/mol. The van der Waals surface area contributed by atoms with Gasteiger partial charge >= 0.3 is 11.9 Å². The van der Waals surface area contributed by atoms with Crippen molar-refractivity contribution in [3.63, 3.8) is 0 Å². The van der Waals surface area contributed by atoms with Gasteiger partial charge in [-0.15, -0.1) is 23.1 Å². The SMILES string of the molecule is CCOC(=O)CSCC(=O)Nc1sc(C)c(-c2ccccc2)c1C(=O)OCC. The van der Waals surface area contributed by atoms with Crippen LogP contribution in [0.4, 0.5) is 5.00 Å². The Balaban J connectivity index is 2.21. The van der Waals surface area contributed by atoms with Crippen LogP contribution < -0.4 is 5.32 Å². The van der Waals surface area contributed by atoms with Crippen molar-refractivity contribution in [3.05, 3.63) is 40.8 Å². The molecular weight excluding hydrogens is 398 g/mol. The molecule has 0 saturated heterocycles. The van der Waals surface area contributed by atoms with E-state index in [0.717, 1.165) is 27.8 Å². The number of thiophene rings is 1. The first kappa shape index (κ1) is 22.0. The van der Waals surface area contributed by atoms with Gasteiger partial charge in [0.15, 0.2) is 0 Å². The predicted molar refractivity (Wildman–Crippen MR) is 113 cm³/mol. The van der Waals surface area contributed by atoms with Crippen molar-refractivity contribution in [3.8, 4) is 11.1 Å². The van der Waals surface area contributed by atoms with Crippen molar-refractivity contribution in [2.75, 3.05) is 30.0 Å². The quantitative estimate of drug-likeness (QED) is 0.613. The number of esters is 2. The largest absolute Gasteiger partial charge is 0.465 e. The topological polar surface area (TPSA) is 81.7 Å². The molecule has 0 aliphatic carbocycles. The zero-order valence-electron chi connectivity index (χ0n) is 16.1. The van der Waals surface area contributed by atoms with Crippen LogP contribution in [0.3, 0.4) is 0 Å². The summed E-state index contributed by atoms with van der Waals surface area (Å²) in [5.74, 6) is -0.935. The maximum atomic E-state index is 12.6. The molecule has 0 spiro atoms. The molecular formula is C20H23NO5S2. The summed E-state index contributed by atoms with van der Waals surface area (Å²) in [7, 11) is 0. The van der Waals surface area contributed by atoms with Gasteiger partial charge in [0.2, 0.25) is 5.91 Å². The minimum absolute atomic E-state index is 0.0820. The van der Waals surface area contributed by atoms with Crippen molar-refractivity contribution < 1.29 is 23.9 Å². The summed E-state index contributed by atoms with van der Waals surface area (Å²) in [6.07, 6.45) is 0. The monoisotopic (exact) mass is 421 g/mol. The summed E-state index contributed by atoms with van der Waals surface area (Å²) >= 11 is 2.49. The third-order valence-corrected chi connectivity index (χ3v) is 5.56. The first-order valence-electron chi connectivity index (χ1n) is 8.87. The molecule has 0 aliphatic rings. The second kappa shape index (κ2) is 10.9. The predicted octanol–water partition coefficient (Wildman–Crippen LogP) is 4.14. The normalized spacial score (nSPS) is 10.4. The second-order valence-corrected chi connectivity index (χ2v) is 7.88. The summed E-state index contributed by atoms with van der Waals surface area (Å²) in [5, 5.41) is 3.25. The highest BCUT2D eigenvalue weighted by Gasteiger charge is 2.25. The van der Waals surface area contributed by atoms with Gasteiger partial charge in [0.05, 0.1) is 24.7 Å². The number of ether oxygens (including phenoxy) is 2. The molecule has 1 N–H and O–H groups in total. The molecule has 28 heavy (non-hydrogen) atoms. The smallest absolute Gasteiger partial charge is 0.341 e. The Morgan fingerprint density at radius 1 is 1.04 bits per heavy atom. The van der Waals surface area contributed by atoms with Crippen molar-refractivity contribution in [1.82, 2.24) is 0 Å². The molecule has 1 amide bonds. The van der Waals surface area contributed by atoms with E-state index in [1.54, 1.807) is 13.8 Å². The van der Waals surface area contributed by atoms with Crippen molar-refractivity contribution in [2.45, 2.75) is 20.8 Å². The Morgan fingerprint density at radius 2 is 1.71 bits per heavy atom. The molecule has 0 bridgehead atoms. The second-order valence-electron chi connectivity index (χ2n) is 5.67. The Bertz CT molecular complexity index is 833. The molecule has 0 saturated carbocycles. The number of benzene rings is 1. The molecule has 0 atom stereocenters. The fourth-order valence-corrected chi connectivity index (χ4v) is 4.27. The average Bonchev–Trinajstić information content (AvgIpc) is 2.98. The first-order chi connectivity index (χ1) is 13.5. The van der Waals surface area contributed by atoms with Gasteiger partial charge in [0.25, 0.3) is 0 Å². The Labute approximate surface area is 172 Å². The minimum Gasteiger partial charge on any atom is -0.465 e. The Hall–Kier alpha value is -2.32. The number of aryl methyl sites for hydroxylation is 1. The van der Waals surface area contributed by atoms with Crippen molar-refractivity contribution in [2.24, 2.45) is 0 Å². The minimum atomic E-state index is -0.472. The number of thioether (sulfide) groups is 1. The number of carbonyl (C=O) groups excluding carboxylic acids is 3. The van der Waals surface area contributed by atoms with E-state index < -0.39 is 5.97 Å². The molecule has 2 rings (SSSR count). The number of nitrogens with one attached hydrogen (secondary N) is 1. The van der Waals surface area contributed by atoms with Gasteiger partial charge in [0.1, 0.15) is 10.6 Å². The lowest BCUT2D eigenvalue weighted by atomic mass is 10.0. The molecule has 0 unspecified atom stereocenters. The molecule has 1 heterocycles. The third-order valence-electron chi connectivity index (χ3n) is 3.64. The molecule has 1 aromatic carbocycles. The fraction of sp³-hybridized carbons (Fsp3) is 0.350. The molecule has 8 heteroatoms. The lowest BCUT2D eigenvalue weighted by Crippen LogP contribution is -2.17. The van der Waals surface area contributed by atoms with Crippen LogP contribution >= 0.6 is 23.1 Å². The zero-order chi connectivity index (χ0) is 20.5. The van der Waals surface area contributed by atoms with E-state index in [4.69, 9.17) is 9.47 Å². The highest BCUT2D eigenvalue weighted by Crippen LogP contribution is 2.40. The van der Waals surface area contributed by atoms with E-state index in [-0.39, 0.29) is 30.0 Å². The van der Waals surface area contributed by atoms with Gasteiger partial charge in [-0.1, -0.05) is 30.3 Å². The molecule has 1 aromatic heterocycles. The van der Waals surface area contributed by atoms with Gasteiger partial charge in [-0.2, -0.15) is 0 Å². The highest BCUT2D eigenvalue weighted by atomic mass is 32.2. The van der Waals surface area contributed by atoms with Gasteiger partial charge in [-0.05, 0) is 26.3 Å². The van der Waals surface area contributed by atoms with E-state index in [9.17, 15) is 14.4 Å². The lowest BCUT2D eigenvalue weighted by molar-refractivity contribution is -0.139. The van der Waals surface area contributed by atoms with Crippen LogP contribution in [0, 0.1) is 6.92 Å². The van der Waals surface area contributed by atoms with E-state index in [0.29, 0.717) is 17.2 Å². The number of carbonyl (C=O) groups is 3. The summed E-state index contributed by atoms with van der Waals surface area (Å²) in [5.41, 5.74) is 2.01. The number of hydrogen-bond donors (Lipinski definition) is 1. The van der Waals surface area contributed by atoms with Crippen molar-refractivity contribution in [1.29, 1.82) is 0 Å². The number of rotatable bonds is 9. The molecule has 0 radical (unpaired) electrons. The highest BCUT2D eigenvalue weighted by molar-refractivity contribution is 8.00. The van der Waals surface area contributed by atoms with Crippen LogP contribution in [0.2, 0.25) is 0 Å². The first-order valence-corrected chi connectivity index (χ1v) is 10.8. The fourth-order valence-electron chi connectivity index (χ4n) is 2.58. The van der Waals surface area contributed by atoms with Gasteiger partial charge < -0.3 is 14.8 Å². The van der Waals surface area contributed by atoms with Crippen LogP contribution in [0.1, 0.15) is 29.1 Å². The number of anilines is 1. The van der Waals surface area contributed by atoms with E-state index >= 15 is 0 Å². The van der Waals surface area contributed by atoms with Crippen LogP contribution in [0.5, 0.6) is 0 Å². The maximum Gasteiger partial charge on any atom is 0.341 e. The molecule has 150 valence electrons. The van der Waals surface area contributed by atoms with Gasteiger partial charge in [0, 0.05) is 10.4 Å². The van der Waals surface area contributed by atoms with Crippen LogP contribution in [0.25, 0.3) is 11.1 Å². The van der Waals surface area contributed by atoms with E-state index in [2.05, 4.69) is 5.32 Å². The van der Waals surface area contributed by atoms with Gasteiger partial charge in [-0.25, -0.2) is 4.79 Å². The number of amides is 1. The molecule has 6 nitrogen and oxygen atoms in total. The molecule has 0 aliphatic heterocycles. The summed E-state index contributed by atoms with van der Waals surface area (Å²) in [4.78, 5) is 37.2. The Kier molecular flexibility index (Phi) is 8.53. The summed E-state index contributed by atoms with van der Waals surface area (Å²) < 4.78 is 10.1. The lowest BCUT2D eigenvalue weighted by Gasteiger charge is -2.09. The van der Waals surface area contributed by atoms with Crippen LogP contribution in [-0.2, 0) is 19.1 Å². The van der Waals surface area contributed by atoms with E-state index in [1.165, 1.54) is 11.3 Å². The summed E-state index contributed by atoms with van der Waals surface area (Å²) in [6, 6.07) is 9.52. The van der Waals surface area contributed by atoms with Crippen molar-refractivity contribution >= 4 is 45.9 Å². The third kappa shape index (κ3) is 5.84. The van der Waals surface area contributed by atoms with Crippen LogP contribution in [-0.4, -0.2) is 42.6 Å². The standard InChI is InChI=1S/C20H23NO5S2/c1-4-25-16(23)12-27-11-15(22)21-19-18(20(24)26-5-2)17(13(3)28-19)14-9-7-6-8-10-14/h6-10H,4-5,11-12H2,1-3H3,(H,21,22). The van der Waals surface area contributed by atoms with Gasteiger partial charge in [-0.3, -0.25) is 9.59 Å². The number of hydrogen-bond acceptors (Lipinski definition) is 7. The summed E-state index contributed by atoms with van der Waals surface area (Å²) in [6.45, 7) is 5.93. The molecule has 0 fully saturated rings. The molecule has 2 aromatic rings. The van der Waals surface area contributed by atoms with E-state index in [1.807, 2.05) is 37.3 Å².